The molecule has 6 heteroatoms. The van der Waals surface area contributed by atoms with Gasteiger partial charge in [0.1, 0.15) is 13.2 Å². The number of hydrogen-bond acceptors (Lipinski definition) is 6. The van der Waals surface area contributed by atoms with Crippen molar-refractivity contribution < 1.29 is 28.6 Å². The topological polar surface area (TPSA) is 78.9 Å². The first kappa shape index (κ1) is 64.4. The number of carbonyl (C=O) groups excluding carboxylic acids is 3. The average Bonchev–Trinajstić information content (AvgIpc) is 3.29. The molecule has 0 aromatic rings. The normalized spacial score (nSPS) is 12.0. The summed E-state index contributed by atoms with van der Waals surface area (Å²) >= 11 is 0. The largest absolute Gasteiger partial charge is 0.462 e. The van der Waals surface area contributed by atoms with E-state index in [9.17, 15) is 14.4 Å². The van der Waals surface area contributed by atoms with Crippen molar-refractivity contribution in [1.82, 2.24) is 0 Å². The molecule has 1 atom stereocenters. The third-order valence-corrected chi connectivity index (χ3v) is 13.7. The number of esters is 3. The number of rotatable bonds is 54. The van der Waals surface area contributed by atoms with Crippen molar-refractivity contribution >= 4 is 17.9 Å². The minimum absolute atomic E-state index is 0.0624. The molecule has 0 aromatic carbocycles. The summed E-state index contributed by atoms with van der Waals surface area (Å²) in [6.07, 6.45) is 56.6. The van der Waals surface area contributed by atoms with E-state index in [1.54, 1.807) is 0 Å². The van der Waals surface area contributed by atoms with E-state index < -0.39 is 6.10 Å². The van der Waals surface area contributed by atoms with Gasteiger partial charge < -0.3 is 14.2 Å². The van der Waals surface area contributed by atoms with Crippen LogP contribution in [0.15, 0.2) is 0 Å². The maximum Gasteiger partial charge on any atom is 0.306 e. The molecule has 0 saturated heterocycles. The summed E-state index contributed by atoms with van der Waals surface area (Å²) < 4.78 is 16.9. The second kappa shape index (κ2) is 52.8. The highest BCUT2D eigenvalue weighted by Gasteiger charge is 2.19. The molecule has 0 aromatic heterocycles. The molecule has 0 heterocycles. The van der Waals surface area contributed by atoms with Crippen LogP contribution in [0.2, 0.25) is 0 Å². The Morgan fingerprint density at radius 1 is 0.288 bits per heavy atom. The fourth-order valence-corrected chi connectivity index (χ4v) is 9.23. The molecule has 0 amide bonds. The van der Waals surface area contributed by atoms with E-state index >= 15 is 0 Å². The fraction of sp³-hybridized carbons (Fsp3) is 0.950. The van der Waals surface area contributed by atoms with Crippen molar-refractivity contribution in [3.05, 3.63) is 0 Å². The Balaban J connectivity index is 4.30. The average molecular weight is 934 g/mol. The summed E-state index contributed by atoms with van der Waals surface area (Å²) in [6.45, 7) is 11.4. The van der Waals surface area contributed by atoms with Gasteiger partial charge in [0.25, 0.3) is 0 Å². The molecule has 0 rings (SSSR count). The van der Waals surface area contributed by atoms with E-state index in [4.69, 9.17) is 14.2 Å². The monoisotopic (exact) mass is 933 g/mol. The second-order valence-corrected chi connectivity index (χ2v) is 21.6. The van der Waals surface area contributed by atoms with Crippen LogP contribution < -0.4 is 0 Å². The Hall–Kier alpha value is -1.59. The highest BCUT2D eigenvalue weighted by Crippen LogP contribution is 2.18. The molecule has 0 aliphatic heterocycles. The Morgan fingerprint density at radius 3 is 0.742 bits per heavy atom. The first-order chi connectivity index (χ1) is 32.2. The van der Waals surface area contributed by atoms with Crippen molar-refractivity contribution in [3.63, 3.8) is 0 Å². The van der Waals surface area contributed by atoms with Crippen LogP contribution in [0.1, 0.15) is 336 Å². The van der Waals surface area contributed by atoms with Crippen LogP contribution in [0.4, 0.5) is 0 Å². The Labute approximate surface area is 412 Å². The summed E-state index contributed by atoms with van der Waals surface area (Å²) in [5.74, 6) is 0.842. The number of unbranched alkanes of at least 4 members (excludes halogenated alkanes) is 39. The molecule has 0 spiro atoms. The van der Waals surface area contributed by atoms with Crippen molar-refractivity contribution in [3.8, 4) is 0 Å². The second-order valence-electron chi connectivity index (χ2n) is 21.6. The predicted octanol–water partition coefficient (Wildman–Crippen LogP) is 19.7. The molecule has 0 N–H and O–H groups in total. The Kier molecular flexibility index (Phi) is 51.5. The summed E-state index contributed by atoms with van der Waals surface area (Å²) in [5.41, 5.74) is 0. The van der Waals surface area contributed by atoms with Gasteiger partial charge in [0.15, 0.2) is 6.10 Å². The summed E-state index contributed by atoms with van der Waals surface area (Å²) in [5, 5.41) is 0. The number of hydrogen-bond donors (Lipinski definition) is 0. The molecule has 0 bridgehead atoms. The van der Waals surface area contributed by atoms with Gasteiger partial charge in [-0.3, -0.25) is 14.4 Å². The van der Waals surface area contributed by atoms with Crippen molar-refractivity contribution in [2.45, 2.75) is 343 Å². The van der Waals surface area contributed by atoms with Crippen molar-refractivity contribution in [2.75, 3.05) is 13.2 Å². The third-order valence-electron chi connectivity index (χ3n) is 13.7. The third kappa shape index (κ3) is 53.4. The molecule has 66 heavy (non-hydrogen) atoms. The van der Waals surface area contributed by atoms with E-state index in [2.05, 4.69) is 34.6 Å². The maximum absolute atomic E-state index is 12.9. The van der Waals surface area contributed by atoms with Gasteiger partial charge >= 0.3 is 17.9 Å². The van der Waals surface area contributed by atoms with Crippen LogP contribution >= 0.6 is 0 Å². The van der Waals surface area contributed by atoms with E-state index in [1.165, 1.54) is 225 Å². The summed E-state index contributed by atoms with van der Waals surface area (Å²) in [6, 6.07) is 0. The van der Waals surface area contributed by atoms with Crippen LogP contribution in [0.25, 0.3) is 0 Å². The van der Waals surface area contributed by atoms with Crippen LogP contribution in [-0.4, -0.2) is 37.2 Å². The van der Waals surface area contributed by atoms with Crippen molar-refractivity contribution in [2.24, 2.45) is 11.8 Å². The lowest BCUT2D eigenvalue weighted by molar-refractivity contribution is -0.167. The summed E-state index contributed by atoms with van der Waals surface area (Å²) in [4.78, 5) is 38.2. The molecular formula is C60H116O6. The van der Waals surface area contributed by atoms with E-state index in [1.807, 2.05) is 0 Å². The first-order valence-electron chi connectivity index (χ1n) is 29.7. The van der Waals surface area contributed by atoms with E-state index in [-0.39, 0.29) is 31.1 Å². The molecule has 0 unspecified atom stereocenters. The molecule has 0 saturated carbocycles. The number of carbonyl (C=O) groups is 3. The Bertz CT molecular complexity index is 1010. The van der Waals surface area contributed by atoms with E-state index in [0.717, 1.165) is 69.6 Å². The van der Waals surface area contributed by atoms with Crippen LogP contribution in [0.3, 0.4) is 0 Å². The van der Waals surface area contributed by atoms with E-state index in [0.29, 0.717) is 19.3 Å². The quantitative estimate of drug-likeness (QED) is 0.0343. The SMILES string of the molecule is CCCCCCCCCCCCCCCCCCC(=O)O[C@H](COC(=O)CCCCCCCCCCCCCCCCC(C)C)COC(=O)CCCCCCCCCCCCCCC(C)C. The maximum atomic E-state index is 12.9. The molecule has 0 aliphatic carbocycles. The van der Waals surface area contributed by atoms with Crippen LogP contribution in [0.5, 0.6) is 0 Å². The standard InChI is InChI=1S/C60H116O6/c1-6-7-8-9-10-11-12-13-14-15-20-27-32-37-42-47-52-60(63)66-57(54-65-59(62)51-46-41-36-31-26-22-21-24-29-34-39-44-49-56(4)5)53-64-58(61)50-45-40-35-30-25-19-17-16-18-23-28-33-38-43-48-55(2)3/h55-57H,6-54H2,1-5H3/t57-/m1/s1. The number of ether oxygens (including phenoxy) is 3. The molecule has 0 fully saturated rings. The van der Waals surface area contributed by atoms with Gasteiger partial charge in [-0.2, -0.15) is 0 Å². The van der Waals surface area contributed by atoms with Crippen molar-refractivity contribution in [1.29, 1.82) is 0 Å². The minimum Gasteiger partial charge on any atom is -0.462 e. The minimum atomic E-state index is -0.763. The van der Waals surface area contributed by atoms with Gasteiger partial charge in [0.2, 0.25) is 0 Å². The predicted molar refractivity (Wildman–Crippen MR) is 284 cm³/mol. The molecule has 0 aliphatic rings. The van der Waals surface area contributed by atoms with Crippen LogP contribution in [-0.2, 0) is 28.6 Å². The van der Waals surface area contributed by atoms with Gasteiger partial charge in [0, 0.05) is 19.3 Å². The smallest absolute Gasteiger partial charge is 0.306 e. The highest BCUT2D eigenvalue weighted by molar-refractivity contribution is 5.71. The fourth-order valence-electron chi connectivity index (χ4n) is 9.23. The molecular weight excluding hydrogens is 817 g/mol. The lowest BCUT2D eigenvalue weighted by Crippen LogP contribution is -2.30. The van der Waals surface area contributed by atoms with Gasteiger partial charge in [0.05, 0.1) is 0 Å². The van der Waals surface area contributed by atoms with Gasteiger partial charge in [-0.05, 0) is 31.1 Å². The van der Waals surface area contributed by atoms with Gasteiger partial charge in [-0.25, -0.2) is 0 Å². The first-order valence-corrected chi connectivity index (χ1v) is 29.7. The van der Waals surface area contributed by atoms with Gasteiger partial charge in [-0.15, -0.1) is 0 Å². The Morgan fingerprint density at radius 2 is 0.500 bits per heavy atom. The highest BCUT2D eigenvalue weighted by atomic mass is 16.6. The zero-order valence-electron chi connectivity index (χ0n) is 45.3. The summed E-state index contributed by atoms with van der Waals surface area (Å²) in [7, 11) is 0. The zero-order valence-corrected chi connectivity index (χ0v) is 45.3. The lowest BCUT2D eigenvalue weighted by Gasteiger charge is -2.18. The molecule has 392 valence electrons. The lowest BCUT2D eigenvalue weighted by atomic mass is 10.0. The van der Waals surface area contributed by atoms with Crippen LogP contribution in [0, 0.1) is 11.8 Å². The van der Waals surface area contributed by atoms with Gasteiger partial charge in [-0.1, -0.05) is 298 Å². The molecule has 6 nitrogen and oxygen atoms in total. The molecule has 0 radical (unpaired) electrons. The zero-order chi connectivity index (χ0) is 48.2.